The van der Waals surface area contributed by atoms with Crippen molar-refractivity contribution in [1.82, 2.24) is 0 Å². The molecule has 0 saturated heterocycles. The van der Waals surface area contributed by atoms with E-state index in [2.05, 4.69) is 84.2 Å². The molecule has 0 aliphatic heterocycles. The second-order valence-electron chi connectivity index (χ2n) is 16.8. The molecule has 2 saturated carbocycles. The molecule has 0 amide bonds. The minimum atomic E-state index is 0.359. The van der Waals surface area contributed by atoms with Gasteiger partial charge in [0, 0.05) is 0 Å². The maximum absolute atomic E-state index is 4.74. The molecule has 4 aliphatic rings. The molecule has 47 heavy (non-hydrogen) atoms. The van der Waals surface area contributed by atoms with E-state index in [-0.39, 0.29) is 0 Å². The fourth-order valence-corrected chi connectivity index (χ4v) is 8.60. The first kappa shape index (κ1) is 37.5. The highest BCUT2D eigenvalue weighted by atomic mass is 14.3. The molecule has 2 atom stereocenters. The fourth-order valence-electron chi connectivity index (χ4n) is 8.60. The summed E-state index contributed by atoms with van der Waals surface area (Å²) in [6, 6.07) is 9.48. The second-order valence-corrected chi connectivity index (χ2v) is 16.8. The Labute approximate surface area is 291 Å². The molecule has 258 valence electrons. The third-order valence-electron chi connectivity index (χ3n) is 12.5. The largest absolute Gasteiger partial charge is 0.0955 e. The first-order chi connectivity index (χ1) is 22.5. The Morgan fingerprint density at radius 2 is 1.64 bits per heavy atom. The molecule has 0 N–H and O–H groups in total. The smallest absolute Gasteiger partial charge is 0.00230 e. The van der Waals surface area contributed by atoms with E-state index >= 15 is 0 Å². The minimum Gasteiger partial charge on any atom is -0.0955 e. The number of hydrogen-bond donors (Lipinski definition) is 0. The fraction of sp³-hybridized carbons (Fsp3) is 0.617. The zero-order valence-electron chi connectivity index (χ0n) is 31.8. The van der Waals surface area contributed by atoms with Gasteiger partial charge < -0.3 is 0 Å². The number of hydrogen-bond acceptors (Lipinski definition) is 0. The highest BCUT2D eigenvalue weighted by Crippen LogP contribution is 2.44. The van der Waals surface area contributed by atoms with Gasteiger partial charge in [-0.15, -0.1) is 0 Å². The van der Waals surface area contributed by atoms with E-state index in [1.165, 1.54) is 122 Å². The molecule has 5 rings (SSSR count). The number of benzene rings is 1. The Kier molecular flexibility index (Phi) is 13.8. The molecule has 0 unspecified atom stereocenters. The first-order valence-corrected chi connectivity index (χ1v) is 19.7. The molecule has 4 aliphatic carbocycles. The minimum absolute atomic E-state index is 0.359. The Morgan fingerprint density at radius 1 is 0.936 bits per heavy atom. The average molecular weight is 635 g/mol. The zero-order valence-corrected chi connectivity index (χ0v) is 31.8. The lowest BCUT2D eigenvalue weighted by atomic mass is 9.70. The Balaban J connectivity index is 0.00000245. The monoisotopic (exact) mass is 635 g/mol. The zero-order chi connectivity index (χ0) is 34.1. The van der Waals surface area contributed by atoms with Crippen LogP contribution in [0.2, 0.25) is 0 Å². The first-order valence-electron chi connectivity index (χ1n) is 19.7. The van der Waals surface area contributed by atoms with Crippen LogP contribution in [0.5, 0.6) is 0 Å². The van der Waals surface area contributed by atoms with Crippen molar-refractivity contribution in [1.29, 1.82) is 0 Å². The van der Waals surface area contributed by atoms with E-state index in [1.807, 2.05) is 13.8 Å². The quantitative estimate of drug-likeness (QED) is 0.215. The average Bonchev–Trinajstić information content (AvgIpc) is 3.42. The molecule has 0 heteroatoms. The third-order valence-corrected chi connectivity index (χ3v) is 12.5. The van der Waals surface area contributed by atoms with E-state index in [4.69, 9.17) is 6.58 Å². The molecule has 0 spiro atoms. The van der Waals surface area contributed by atoms with Gasteiger partial charge in [-0.05, 0) is 132 Å². The lowest BCUT2D eigenvalue weighted by Crippen LogP contribution is -2.23. The Bertz CT molecular complexity index is 1320. The van der Waals surface area contributed by atoms with E-state index in [0.717, 1.165) is 42.9 Å². The predicted molar refractivity (Wildman–Crippen MR) is 210 cm³/mol. The van der Waals surface area contributed by atoms with Crippen molar-refractivity contribution in [3.63, 3.8) is 0 Å². The molecular weight excluding hydrogens is 565 g/mol. The summed E-state index contributed by atoms with van der Waals surface area (Å²) < 4.78 is 0. The van der Waals surface area contributed by atoms with Gasteiger partial charge in [0.15, 0.2) is 0 Å². The Morgan fingerprint density at radius 3 is 2.28 bits per heavy atom. The van der Waals surface area contributed by atoms with Crippen LogP contribution in [0.15, 0.2) is 89.6 Å². The lowest BCUT2D eigenvalue weighted by molar-refractivity contribution is 0.217. The summed E-state index contributed by atoms with van der Waals surface area (Å²) in [7, 11) is 0. The van der Waals surface area contributed by atoms with Crippen LogP contribution in [0.4, 0.5) is 0 Å². The molecule has 0 nitrogen and oxygen atoms in total. The summed E-state index contributed by atoms with van der Waals surface area (Å²) in [5.74, 6) is 3.97. The normalized spacial score (nSPS) is 25.2. The van der Waals surface area contributed by atoms with Gasteiger partial charge in [0.1, 0.15) is 0 Å². The molecule has 2 fully saturated rings. The molecule has 1 aromatic carbocycles. The molecule has 0 bridgehead atoms. The van der Waals surface area contributed by atoms with E-state index in [9.17, 15) is 0 Å². The van der Waals surface area contributed by atoms with Crippen molar-refractivity contribution < 1.29 is 0 Å². The van der Waals surface area contributed by atoms with Gasteiger partial charge in [-0.25, -0.2) is 0 Å². The topological polar surface area (TPSA) is 0 Å². The number of rotatable bonds is 12. The third kappa shape index (κ3) is 10.3. The van der Waals surface area contributed by atoms with Crippen LogP contribution in [-0.4, -0.2) is 0 Å². The summed E-state index contributed by atoms with van der Waals surface area (Å²) in [6.07, 6.45) is 25.7. The van der Waals surface area contributed by atoms with Crippen molar-refractivity contribution in [2.45, 2.75) is 157 Å². The van der Waals surface area contributed by atoms with E-state index < -0.39 is 0 Å². The molecule has 0 radical (unpaired) electrons. The molecule has 1 aromatic rings. The number of allylic oxidation sites excluding steroid dienone is 9. The maximum Gasteiger partial charge on any atom is -0.00230 e. The van der Waals surface area contributed by atoms with Gasteiger partial charge in [-0.2, -0.15) is 0 Å². The van der Waals surface area contributed by atoms with Crippen LogP contribution in [-0.2, 0) is 0 Å². The van der Waals surface area contributed by atoms with Crippen LogP contribution in [0.1, 0.15) is 168 Å². The molecule has 0 heterocycles. The van der Waals surface area contributed by atoms with Gasteiger partial charge in [0.05, 0.1) is 0 Å². The van der Waals surface area contributed by atoms with Crippen LogP contribution in [0.3, 0.4) is 0 Å². The van der Waals surface area contributed by atoms with Crippen molar-refractivity contribution in [3.05, 3.63) is 101 Å². The summed E-state index contributed by atoms with van der Waals surface area (Å²) in [4.78, 5) is 0. The van der Waals surface area contributed by atoms with E-state index in [1.54, 1.807) is 11.1 Å². The van der Waals surface area contributed by atoms with Gasteiger partial charge >= 0.3 is 0 Å². The predicted octanol–water partition coefficient (Wildman–Crippen LogP) is 14.9. The summed E-state index contributed by atoms with van der Waals surface area (Å²) in [5, 5.41) is 0. The van der Waals surface area contributed by atoms with Crippen LogP contribution >= 0.6 is 0 Å². The van der Waals surface area contributed by atoms with Gasteiger partial charge in [0.25, 0.3) is 0 Å². The second kappa shape index (κ2) is 17.4. The van der Waals surface area contributed by atoms with Gasteiger partial charge in [-0.3, -0.25) is 0 Å². The van der Waals surface area contributed by atoms with Crippen LogP contribution < -0.4 is 0 Å². The molecule has 0 aromatic heterocycles. The standard InChI is InChI=1S/C45H64.C2H6/c1-9-35-17-19-36(20-18-35)21-22-40(39-15-11-14-38(27-39)32(3)24-37-12-10-13-37)25-33(4)41-26-34(5)42(28-41)29-43-30-44(45(6,7)8)23-16-31(43)2;1-2/h11,14-15,27-29,35-37,40,44H,3-5,9-10,12-13,16-26,30H2,1-2,6-8H3;1-2H3/b42-29-;/t35?,36?,40-,44-;/m0./s1. The lowest BCUT2D eigenvalue weighted by Gasteiger charge is -2.35. The van der Waals surface area contributed by atoms with Crippen molar-refractivity contribution in [3.8, 4) is 0 Å². The van der Waals surface area contributed by atoms with Gasteiger partial charge in [0.2, 0.25) is 0 Å². The SMILES string of the molecule is C=C(C[C@H](CCC1CCC(CC)CC1)c1cccc(C(=C)CC2CCC2)c1)C1=C/C(=C/C2=C(C)CC[C@H](C(C)(C)C)C2)C(=C)C1.CC. The van der Waals surface area contributed by atoms with Crippen LogP contribution in [0.25, 0.3) is 5.57 Å². The molecular formula is C47H70. The van der Waals surface area contributed by atoms with Gasteiger partial charge in [-0.1, -0.05) is 160 Å². The van der Waals surface area contributed by atoms with E-state index in [0.29, 0.717) is 11.3 Å². The van der Waals surface area contributed by atoms with Crippen molar-refractivity contribution in [2.24, 2.45) is 29.1 Å². The highest BCUT2D eigenvalue weighted by Gasteiger charge is 2.29. The summed E-state index contributed by atoms with van der Waals surface area (Å²) in [5.41, 5.74) is 13.0. The summed E-state index contributed by atoms with van der Waals surface area (Å²) >= 11 is 0. The Hall–Kier alpha value is -2.34. The summed E-state index contributed by atoms with van der Waals surface area (Å²) in [6.45, 7) is 29.8. The van der Waals surface area contributed by atoms with Crippen LogP contribution in [0, 0.1) is 29.1 Å². The maximum atomic E-state index is 4.74. The van der Waals surface area contributed by atoms with Crippen molar-refractivity contribution in [2.75, 3.05) is 0 Å². The van der Waals surface area contributed by atoms with Crippen molar-refractivity contribution >= 4 is 5.57 Å². The highest BCUT2D eigenvalue weighted by molar-refractivity contribution is 5.64.